The van der Waals surface area contributed by atoms with Gasteiger partial charge in [-0.25, -0.2) is 4.79 Å². The molecule has 5 heteroatoms. The van der Waals surface area contributed by atoms with Crippen molar-refractivity contribution >= 4 is 18.2 Å². The number of aliphatic carboxylic acids is 1. The van der Waals surface area contributed by atoms with E-state index in [4.69, 9.17) is 5.11 Å². The monoisotopic (exact) mass is 200 g/mol. The van der Waals surface area contributed by atoms with Crippen LogP contribution in [-0.2, 0) is 14.4 Å². The predicted octanol–water partition coefficient (Wildman–Crippen LogP) is 0.246. The zero-order valence-electron chi connectivity index (χ0n) is 8.08. The maximum Gasteiger partial charge on any atom is 0.326 e. The summed E-state index contributed by atoms with van der Waals surface area (Å²) in [5.41, 5.74) is 0. The molecule has 1 radical (unpaired) electrons. The topological polar surface area (TPSA) is 83.5 Å². The molecule has 5 nitrogen and oxygen atoms in total. The number of carbonyl (C=O) groups excluding carboxylic acids is 2. The zero-order chi connectivity index (χ0) is 11.0. The molecule has 14 heavy (non-hydrogen) atoms. The molecule has 0 unspecified atom stereocenters. The summed E-state index contributed by atoms with van der Waals surface area (Å²) in [7, 11) is 0. The molecule has 79 valence electrons. The minimum Gasteiger partial charge on any atom is -0.480 e. The van der Waals surface area contributed by atoms with E-state index in [1.165, 1.54) is 0 Å². The van der Waals surface area contributed by atoms with Crippen molar-refractivity contribution in [1.29, 1.82) is 0 Å². The predicted molar refractivity (Wildman–Crippen MR) is 49.4 cm³/mol. The summed E-state index contributed by atoms with van der Waals surface area (Å²) < 4.78 is 0. The van der Waals surface area contributed by atoms with Crippen LogP contribution in [0.5, 0.6) is 0 Å². The van der Waals surface area contributed by atoms with Crippen LogP contribution in [0.3, 0.4) is 0 Å². The SMILES string of the molecule is CCCC(=O)N[C@@H](CC[C]=O)C(=O)O. The van der Waals surface area contributed by atoms with Gasteiger partial charge in [0, 0.05) is 12.8 Å². The van der Waals surface area contributed by atoms with E-state index in [0.717, 1.165) is 0 Å². The third-order valence-electron chi connectivity index (χ3n) is 1.65. The Morgan fingerprint density at radius 1 is 1.50 bits per heavy atom. The summed E-state index contributed by atoms with van der Waals surface area (Å²) in [4.78, 5) is 31.6. The Bertz CT molecular complexity index is 215. The second kappa shape index (κ2) is 7.06. The summed E-state index contributed by atoms with van der Waals surface area (Å²) in [6.45, 7) is 1.83. The lowest BCUT2D eigenvalue weighted by molar-refractivity contribution is -0.142. The lowest BCUT2D eigenvalue weighted by atomic mass is 10.1. The molecule has 0 aliphatic heterocycles. The van der Waals surface area contributed by atoms with E-state index in [1.54, 1.807) is 6.29 Å². The normalized spacial score (nSPS) is 11.8. The number of carbonyl (C=O) groups is 2. The molecule has 0 rings (SSSR count). The second-order valence-electron chi connectivity index (χ2n) is 2.89. The quantitative estimate of drug-likeness (QED) is 0.616. The van der Waals surface area contributed by atoms with Crippen LogP contribution in [0.2, 0.25) is 0 Å². The van der Waals surface area contributed by atoms with Gasteiger partial charge in [-0.15, -0.1) is 0 Å². The van der Waals surface area contributed by atoms with Crippen LogP contribution < -0.4 is 5.32 Å². The minimum atomic E-state index is -1.12. The Kier molecular flexibility index (Phi) is 6.36. The average molecular weight is 200 g/mol. The van der Waals surface area contributed by atoms with Gasteiger partial charge >= 0.3 is 5.97 Å². The highest BCUT2D eigenvalue weighted by molar-refractivity contribution is 5.83. The number of hydrogen-bond donors (Lipinski definition) is 2. The molecule has 0 aliphatic rings. The van der Waals surface area contributed by atoms with Crippen molar-refractivity contribution in [1.82, 2.24) is 5.32 Å². The first-order valence-corrected chi connectivity index (χ1v) is 4.49. The molecule has 0 spiro atoms. The van der Waals surface area contributed by atoms with E-state index in [-0.39, 0.29) is 18.7 Å². The van der Waals surface area contributed by atoms with Gasteiger partial charge in [-0.3, -0.25) is 9.59 Å². The molecular formula is C9H14NO4. The third-order valence-corrected chi connectivity index (χ3v) is 1.65. The summed E-state index contributed by atoms with van der Waals surface area (Å²) >= 11 is 0. The third kappa shape index (κ3) is 5.29. The molecule has 1 amide bonds. The molecule has 1 atom stereocenters. The molecule has 0 heterocycles. The lowest BCUT2D eigenvalue weighted by Gasteiger charge is -2.12. The van der Waals surface area contributed by atoms with Crippen LogP contribution in [0.15, 0.2) is 0 Å². The smallest absolute Gasteiger partial charge is 0.326 e. The van der Waals surface area contributed by atoms with Gasteiger partial charge in [-0.2, -0.15) is 0 Å². The van der Waals surface area contributed by atoms with Crippen LogP contribution in [0.4, 0.5) is 0 Å². The average Bonchev–Trinajstić information content (AvgIpc) is 2.12. The molecule has 0 fully saturated rings. The largest absolute Gasteiger partial charge is 0.480 e. The Hall–Kier alpha value is -1.39. The summed E-state index contributed by atoms with van der Waals surface area (Å²) in [5, 5.41) is 11.0. The first kappa shape index (κ1) is 12.6. The highest BCUT2D eigenvalue weighted by Gasteiger charge is 2.18. The van der Waals surface area contributed by atoms with Crippen molar-refractivity contribution in [3.8, 4) is 0 Å². The zero-order valence-corrected chi connectivity index (χ0v) is 8.08. The van der Waals surface area contributed by atoms with Gasteiger partial charge < -0.3 is 10.4 Å². The van der Waals surface area contributed by atoms with Crippen molar-refractivity contribution in [2.45, 2.75) is 38.6 Å². The molecule has 0 saturated carbocycles. The van der Waals surface area contributed by atoms with Gasteiger partial charge in [-0.1, -0.05) is 6.92 Å². The fourth-order valence-electron chi connectivity index (χ4n) is 0.954. The van der Waals surface area contributed by atoms with Gasteiger partial charge in [0.15, 0.2) is 6.29 Å². The number of carboxylic acids is 1. The Morgan fingerprint density at radius 2 is 2.14 bits per heavy atom. The van der Waals surface area contributed by atoms with E-state index < -0.39 is 12.0 Å². The molecule has 0 aromatic heterocycles. The van der Waals surface area contributed by atoms with Crippen molar-refractivity contribution in [3.63, 3.8) is 0 Å². The molecule has 0 saturated heterocycles. The van der Waals surface area contributed by atoms with Crippen molar-refractivity contribution in [3.05, 3.63) is 0 Å². The highest BCUT2D eigenvalue weighted by Crippen LogP contribution is 1.97. The maximum absolute atomic E-state index is 11.0. The lowest BCUT2D eigenvalue weighted by Crippen LogP contribution is -2.40. The Morgan fingerprint density at radius 3 is 2.57 bits per heavy atom. The summed E-state index contributed by atoms with van der Waals surface area (Å²) in [6.07, 6.45) is 2.67. The minimum absolute atomic E-state index is 0.0172. The first-order valence-electron chi connectivity index (χ1n) is 4.49. The second-order valence-corrected chi connectivity index (χ2v) is 2.89. The molecule has 2 N–H and O–H groups in total. The fraction of sp³-hybridized carbons (Fsp3) is 0.667. The van der Waals surface area contributed by atoms with Crippen molar-refractivity contribution in [2.75, 3.05) is 0 Å². The Balaban J connectivity index is 4.01. The highest BCUT2D eigenvalue weighted by atomic mass is 16.4. The molecule has 0 aromatic carbocycles. The van der Waals surface area contributed by atoms with Gasteiger partial charge in [0.2, 0.25) is 5.91 Å². The molecular weight excluding hydrogens is 186 g/mol. The van der Waals surface area contributed by atoms with Gasteiger partial charge in [0.1, 0.15) is 6.04 Å². The van der Waals surface area contributed by atoms with E-state index in [1.807, 2.05) is 6.92 Å². The van der Waals surface area contributed by atoms with E-state index in [9.17, 15) is 14.4 Å². The van der Waals surface area contributed by atoms with Crippen LogP contribution in [-0.4, -0.2) is 29.3 Å². The number of hydrogen-bond acceptors (Lipinski definition) is 3. The van der Waals surface area contributed by atoms with Gasteiger partial charge in [-0.05, 0) is 12.8 Å². The maximum atomic E-state index is 11.0. The summed E-state index contributed by atoms with van der Waals surface area (Å²) in [6, 6.07) is -0.976. The van der Waals surface area contributed by atoms with Crippen molar-refractivity contribution in [2.24, 2.45) is 0 Å². The van der Waals surface area contributed by atoms with Crippen LogP contribution in [0.1, 0.15) is 32.6 Å². The fourth-order valence-corrected chi connectivity index (χ4v) is 0.954. The summed E-state index contributed by atoms with van der Waals surface area (Å²) in [5.74, 6) is -1.42. The first-order chi connectivity index (χ1) is 6.61. The molecule has 0 aliphatic carbocycles. The van der Waals surface area contributed by atoms with Gasteiger partial charge in [0.05, 0.1) is 0 Å². The van der Waals surface area contributed by atoms with Gasteiger partial charge in [0.25, 0.3) is 0 Å². The van der Waals surface area contributed by atoms with Crippen LogP contribution in [0, 0.1) is 0 Å². The number of nitrogens with one attached hydrogen (secondary N) is 1. The number of carboxylic acid groups (broad SMARTS) is 1. The van der Waals surface area contributed by atoms with Crippen LogP contribution >= 0.6 is 0 Å². The Labute approximate surface area is 82.5 Å². The number of amides is 1. The van der Waals surface area contributed by atoms with E-state index in [2.05, 4.69) is 5.32 Å². The standard InChI is InChI=1S/C9H14NO4/c1-2-4-8(12)10-7(9(13)14)5-3-6-11/h7H,2-5H2,1H3,(H,10,12)(H,13,14)/t7-/m0/s1. The molecule has 0 bridgehead atoms. The number of rotatable bonds is 7. The van der Waals surface area contributed by atoms with Crippen molar-refractivity contribution < 1.29 is 19.5 Å². The van der Waals surface area contributed by atoms with E-state index >= 15 is 0 Å². The van der Waals surface area contributed by atoms with Crippen LogP contribution in [0.25, 0.3) is 0 Å². The molecule has 0 aromatic rings. The van der Waals surface area contributed by atoms with E-state index in [0.29, 0.717) is 12.8 Å².